The zero-order valence-electron chi connectivity index (χ0n) is 11.9. The van der Waals surface area contributed by atoms with Crippen molar-refractivity contribution in [2.24, 2.45) is 0 Å². The largest absolute Gasteiger partial charge is 0.497 e. The van der Waals surface area contributed by atoms with Crippen molar-refractivity contribution < 1.29 is 13.9 Å². The van der Waals surface area contributed by atoms with Crippen molar-refractivity contribution in [3.8, 4) is 5.75 Å². The molecule has 22 heavy (non-hydrogen) atoms. The number of nitrogens with zero attached hydrogens (tertiary/aromatic N) is 1. The molecule has 0 radical (unpaired) electrons. The molecular formula is C16H14N2O3S. The molecule has 0 aliphatic carbocycles. The summed E-state index contributed by atoms with van der Waals surface area (Å²) in [7, 11) is 1.60. The number of amides is 1. The first-order chi connectivity index (χ1) is 10.7. The SMILES string of the molecule is COc1cccc(/C=C2/NC(=S)N(Cc3ccco3)C2=O)c1. The molecule has 1 aliphatic heterocycles. The molecule has 1 aromatic carbocycles. The van der Waals surface area contributed by atoms with Gasteiger partial charge in [-0.05, 0) is 48.1 Å². The summed E-state index contributed by atoms with van der Waals surface area (Å²) in [5, 5.41) is 3.31. The first-order valence-corrected chi connectivity index (χ1v) is 7.09. The normalized spacial score (nSPS) is 16.2. The number of hydrogen-bond acceptors (Lipinski definition) is 4. The van der Waals surface area contributed by atoms with E-state index >= 15 is 0 Å². The third-order valence-electron chi connectivity index (χ3n) is 3.26. The van der Waals surface area contributed by atoms with Gasteiger partial charge in [0.25, 0.3) is 5.91 Å². The van der Waals surface area contributed by atoms with Crippen LogP contribution < -0.4 is 10.1 Å². The monoisotopic (exact) mass is 314 g/mol. The van der Waals surface area contributed by atoms with Crippen LogP contribution in [0.4, 0.5) is 0 Å². The molecule has 0 saturated carbocycles. The minimum atomic E-state index is -0.177. The van der Waals surface area contributed by atoms with Crippen molar-refractivity contribution >= 4 is 29.3 Å². The number of hydrogen-bond donors (Lipinski definition) is 1. The zero-order valence-corrected chi connectivity index (χ0v) is 12.7. The lowest BCUT2D eigenvalue weighted by Gasteiger charge is -2.11. The Hall–Kier alpha value is -2.60. The van der Waals surface area contributed by atoms with Crippen LogP contribution in [0.15, 0.2) is 52.8 Å². The minimum absolute atomic E-state index is 0.177. The van der Waals surface area contributed by atoms with Crippen molar-refractivity contribution in [2.75, 3.05) is 7.11 Å². The molecule has 2 heterocycles. The van der Waals surface area contributed by atoms with Crippen LogP contribution in [0, 0.1) is 0 Å². The number of benzene rings is 1. The van der Waals surface area contributed by atoms with Gasteiger partial charge >= 0.3 is 0 Å². The molecule has 0 spiro atoms. The van der Waals surface area contributed by atoms with Crippen molar-refractivity contribution in [3.63, 3.8) is 0 Å². The van der Waals surface area contributed by atoms with E-state index in [0.717, 1.165) is 11.3 Å². The maximum atomic E-state index is 12.4. The third kappa shape index (κ3) is 2.87. The number of carbonyl (C=O) groups is 1. The Balaban J connectivity index is 1.82. The van der Waals surface area contributed by atoms with E-state index in [2.05, 4.69) is 5.32 Å². The Morgan fingerprint density at radius 3 is 2.95 bits per heavy atom. The van der Waals surface area contributed by atoms with E-state index in [9.17, 15) is 4.79 Å². The summed E-state index contributed by atoms with van der Waals surface area (Å²) in [6.45, 7) is 0.313. The van der Waals surface area contributed by atoms with Crippen LogP contribution in [-0.2, 0) is 11.3 Å². The standard InChI is InChI=1S/C16H14N2O3S/c1-20-12-5-2-4-11(8-12)9-14-15(19)18(16(22)17-14)10-13-6-3-7-21-13/h2-9H,10H2,1H3,(H,17,22)/b14-9+. The van der Waals surface area contributed by atoms with E-state index in [-0.39, 0.29) is 5.91 Å². The zero-order chi connectivity index (χ0) is 15.5. The Morgan fingerprint density at radius 2 is 2.23 bits per heavy atom. The Kier molecular flexibility index (Phi) is 3.93. The molecule has 3 rings (SSSR count). The number of thiocarbonyl (C=S) groups is 1. The lowest BCUT2D eigenvalue weighted by Crippen LogP contribution is -2.29. The van der Waals surface area contributed by atoms with Gasteiger partial charge in [0.05, 0.1) is 19.9 Å². The van der Waals surface area contributed by atoms with Gasteiger partial charge < -0.3 is 14.5 Å². The van der Waals surface area contributed by atoms with Crippen LogP contribution in [0.1, 0.15) is 11.3 Å². The summed E-state index contributed by atoms with van der Waals surface area (Å²) in [4.78, 5) is 13.9. The minimum Gasteiger partial charge on any atom is -0.497 e. The fourth-order valence-electron chi connectivity index (χ4n) is 2.17. The quantitative estimate of drug-likeness (QED) is 0.694. The summed E-state index contributed by atoms with van der Waals surface area (Å²) in [5.41, 5.74) is 1.29. The van der Waals surface area contributed by atoms with Crippen LogP contribution in [0.2, 0.25) is 0 Å². The fourth-order valence-corrected chi connectivity index (χ4v) is 2.43. The molecule has 1 aliphatic rings. The van der Waals surface area contributed by atoms with Crippen LogP contribution >= 0.6 is 12.2 Å². The predicted molar refractivity (Wildman–Crippen MR) is 86.0 cm³/mol. The van der Waals surface area contributed by atoms with Gasteiger partial charge in [0.15, 0.2) is 5.11 Å². The summed E-state index contributed by atoms with van der Waals surface area (Å²) < 4.78 is 10.4. The van der Waals surface area contributed by atoms with E-state index in [4.69, 9.17) is 21.4 Å². The van der Waals surface area contributed by atoms with Crippen LogP contribution in [0.5, 0.6) is 5.75 Å². The Bertz CT molecular complexity index is 738. The summed E-state index contributed by atoms with van der Waals surface area (Å²) >= 11 is 5.22. The molecule has 1 N–H and O–H groups in total. The van der Waals surface area contributed by atoms with Crippen molar-refractivity contribution in [1.82, 2.24) is 10.2 Å². The Labute approximate surface area is 133 Å². The van der Waals surface area contributed by atoms with Crippen molar-refractivity contribution in [1.29, 1.82) is 0 Å². The molecule has 0 atom stereocenters. The highest BCUT2D eigenvalue weighted by atomic mass is 32.1. The molecule has 112 valence electrons. The van der Waals surface area contributed by atoms with Crippen LogP contribution in [-0.4, -0.2) is 23.0 Å². The van der Waals surface area contributed by atoms with Gasteiger partial charge in [0, 0.05) is 0 Å². The number of methoxy groups -OCH3 is 1. The van der Waals surface area contributed by atoms with Gasteiger partial charge in [-0.3, -0.25) is 9.69 Å². The summed E-state index contributed by atoms with van der Waals surface area (Å²) in [5.74, 6) is 1.24. The third-order valence-corrected chi connectivity index (χ3v) is 3.58. The van der Waals surface area contributed by atoms with E-state index in [1.807, 2.05) is 24.3 Å². The summed E-state index contributed by atoms with van der Waals surface area (Å²) in [6.07, 6.45) is 3.32. The molecule has 1 saturated heterocycles. The number of ether oxygens (including phenoxy) is 1. The topological polar surface area (TPSA) is 54.7 Å². The maximum Gasteiger partial charge on any atom is 0.276 e. The second-order valence-corrected chi connectivity index (χ2v) is 5.12. The van der Waals surface area contributed by atoms with Crippen LogP contribution in [0.25, 0.3) is 6.08 Å². The van der Waals surface area contributed by atoms with E-state index < -0.39 is 0 Å². The predicted octanol–water partition coefficient (Wildman–Crippen LogP) is 2.55. The van der Waals surface area contributed by atoms with Gasteiger partial charge in [-0.25, -0.2) is 0 Å². The van der Waals surface area contributed by atoms with Gasteiger partial charge in [-0.1, -0.05) is 12.1 Å². The number of carbonyl (C=O) groups excluding carboxylic acids is 1. The van der Waals surface area contributed by atoms with Gasteiger partial charge in [-0.2, -0.15) is 0 Å². The van der Waals surface area contributed by atoms with E-state index in [1.165, 1.54) is 4.90 Å². The van der Waals surface area contributed by atoms with Gasteiger partial charge in [0.1, 0.15) is 17.2 Å². The van der Waals surface area contributed by atoms with E-state index in [1.54, 1.807) is 31.6 Å². The molecule has 1 aromatic heterocycles. The van der Waals surface area contributed by atoms with Crippen molar-refractivity contribution in [3.05, 3.63) is 59.7 Å². The molecule has 1 fully saturated rings. The molecule has 0 bridgehead atoms. The Morgan fingerprint density at radius 1 is 1.36 bits per heavy atom. The number of furan rings is 1. The molecule has 1 amide bonds. The van der Waals surface area contributed by atoms with Crippen LogP contribution in [0.3, 0.4) is 0 Å². The lowest BCUT2D eigenvalue weighted by atomic mass is 10.2. The smallest absolute Gasteiger partial charge is 0.276 e. The highest BCUT2D eigenvalue weighted by Crippen LogP contribution is 2.19. The first-order valence-electron chi connectivity index (χ1n) is 6.68. The number of rotatable bonds is 4. The fraction of sp³-hybridized carbons (Fsp3) is 0.125. The second-order valence-electron chi connectivity index (χ2n) is 4.74. The van der Waals surface area contributed by atoms with Gasteiger partial charge in [-0.15, -0.1) is 0 Å². The molecule has 2 aromatic rings. The highest BCUT2D eigenvalue weighted by molar-refractivity contribution is 7.80. The highest BCUT2D eigenvalue weighted by Gasteiger charge is 2.31. The van der Waals surface area contributed by atoms with E-state index in [0.29, 0.717) is 23.1 Å². The average molecular weight is 314 g/mol. The average Bonchev–Trinajstić information content (AvgIpc) is 3.12. The molecule has 0 unspecified atom stereocenters. The summed E-state index contributed by atoms with van der Waals surface area (Å²) in [6, 6.07) is 11.0. The molecular weight excluding hydrogens is 300 g/mol. The first kappa shape index (κ1) is 14.3. The maximum absolute atomic E-state index is 12.4. The van der Waals surface area contributed by atoms with Gasteiger partial charge in [0.2, 0.25) is 0 Å². The lowest BCUT2D eigenvalue weighted by molar-refractivity contribution is -0.122. The molecule has 5 nitrogen and oxygen atoms in total. The number of nitrogens with one attached hydrogen (secondary N) is 1. The second kappa shape index (κ2) is 6.03. The molecule has 6 heteroatoms. The van der Waals surface area contributed by atoms with Crippen molar-refractivity contribution in [2.45, 2.75) is 6.54 Å².